The fourth-order valence-electron chi connectivity index (χ4n) is 1.76. The van der Waals surface area contributed by atoms with Gasteiger partial charge in [-0.2, -0.15) is 0 Å². The molecule has 0 saturated carbocycles. The topological polar surface area (TPSA) is 55.0 Å². The van der Waals surface area contributed by atoms with Crippen molar-refractivity contribution in [2.45, 2.75) is 25.8 Å². The summed E-state index contributed by atoms with van der Waals surface area (Å²) in [4.78, 5) is 10.7. The van der Waals surface area contributed by atoms with Crippen LogP contribution in [0.5, 0.6) is 0 Å². The molecule has 2 rings (SSSR count). The monoisotopic (exact) mass is 226 g/mol. The van der Waals surface area contributed by atoms with E-state index in [9.17, 15) is 0 Å². The Morgan fingerprint density at radius 2 is 2.07 bits per heavy atom. The molecule has 2 N–H and O–H groups in total. The summed E-state index contributed by atoms with van der Waals surface area (Å²) in [5, 5.41) is 0.507. The lowest BCUT2D eigenvalue weighted by atomic mass is 10.1. The highest BCUT2D eigenvalue weighted by Crippen LogP contribution is 2.17. The first-order valence-corrected chi connectivity index (χ1v) is 5.54. The summed E-state index contributed by atoms with van der Waals surface area (Å²) in [6, 6.07) is 2.09. The van der Waals surface area contributed by atoms with Gasteiger partial charge < -0.3 is 10.6 Å². The van der Waals surface area contributed by atoms with Crippen LogP contribution < -0.4 is 10.6 Å². The van der Waals surface area contributed by atoms with Crippen molar-refractivity contribution >= 4 is 17.5 Å². The van der Waals surface area contributed by atoms with Crippen LogP contribution in [0.3, 0.4) is 0 Å². The van der Waals surface area contributed by atoms with Crippen molar-refractivity contribution in [3.63, 3.8) is 0 Å². The van der Waals surface area contributed by atoms with Gasteiger partial charge in [0.25, 0.3) is 0 Å². The summed E-state index contributed by atoms with van der Waals surface area (Å²) in [6.07, 6.45) is 1.99. The Morgan fingerprint density at radius 1 is 1.40 bits per heavy atom. The number of hydrogen-bond acceptors (Lipinski definition) is 4. The average molecular weight is 227 g/mol. The van der Waals surface area contributed by atoms with Crippen molar-refractivity contribution in [3.05, 3.63) is 16.9 Å². The smallest absolute Gasteiger partial charge is 0.226 e. The molecule has 1 aromatic rings. The van der Waals surface area contributed by atoms with Crippen LogP contribution in [0.15, 0.2) is 6.07 Å². The van der Waals surface area contributed by atoms with Crippen molar-refractivity contribution in [2.75, 3.05) is 18.0 Å². The first-order valence-electron chi connectivity index (χ1n) is 5.17. The fraction of sp³-hybridized carbons (Fsp3) is 0.600. The molecule has 1 fully saturated rings. The maximum absolute atomic E-state index is 5.90. The summed E-state index contributed by atoms with van der Waals surface area (Å²) in [7, 11) is 0. The molecular formula is C10H15ClN4. The predicted molar refractivity (Wildman–Crippen MR) is 61.2 cm³/mol. The largest absolute Gasteiger partial charge is 0.341 e. The number of piperidine rings is 1. The van der Waals surface area contributed by atoms with Crippen LogP contribution in [-0.2, 0) is 0 Å². The van der Waals surface area contributed by atoms with Gasteiger partial charge in [0.2, 0.25) is 5.95 Å². The normalized spacial score (nSPS) is 18.2. The molecule has 0 radical (unpaired) electrons. The van der Waals surface area contributed by atoms with E-state index < -0.39 is 0 Å². The van der Waals surface area contributed by atoms with Crippen LogP contribution in [0.1, 0.15) is 18.5 Å². The van der Waals surface area contributed by atoms with E-state index in [1.807, 2.05) is 6.92 Å². The van der Waals surface area contributed by atoms with Crippen LogP contribution in [-0.4, -0.2) is 29.1 Å². The van der Waals surface area contributed by atoms with Gasteiger partial charge in [0.15, 0.2) is 0 Å². The van der Waals surface area contributed by atoms with Gasteiger partial charge in [0.1, 0.15) is 5.15 Å². The lowest BCUT2D eigenvalue weighted by molar-refractivity contribution is 0.495. The highest BCUT2D eigenvalue weighted by atomic mass is 35.5. The van der Waals surface area contributed by atoms with E-state index in [0.29, 0.717) is 11.2 Å². The van der Waals surface area contributed by atoms with Crippen LogP contribution >= 0.6 is 11.6 Å². The van der Waals surface area contributed by atoms with E-state index in [1.165, 1.54) is 0 Å². The van der Waals surface area contributed by atoms with E-state index >= 15 is 0 Å². The van der Waals surface area contributed by atoms with E-state index in [0.717, 1.165) is 37.6 Å². The molecule has 4 nitrogen and oxygen atoms in total. The zero-order valence-corrected chi connectivity index (χ0v) is 9.54. The molecule has 0 atom stereocenters. The lowest BCUT2D eigenvalue weighted by Gasteiger charge is -2.30. The van der Waals surface area contributed by atoms with Crippen molar-refractivity contribution in [2.24, 2.45) is 5.73 Å². The van der Waals surface area contributed by atoms with E-state index in [2.05, 4.69) is 14.9 Å². The molecule has 0 bridgehead atoms. The number of halogens is 1. The first kappa shape index (κ1) is 10.6. The second-order valence-electron chi connectivity index (χ2n) is 3.96. The molecule has 0 aromatic carbocycles. The molecule has 0 spiro atoms. The Balaban J connectivity index is 2.15. The number of anilines is 1. The number of rotatable bonds is 1. The molecule has 5 heteroatoms. The molecule has 0 aliphatic carbocycles. The van der Waals surface area contributed by atoms with Crippen molar-refractivity contribution in [3.8, 4) is 0 Å². The molecule has 2 heterocycles. The second-order valence-corrected chi connectivity index (χ2v) is 4.34. The molecule has 1 aliphatic rings. The molecule has 1 aromatic heterocycles. The van der Waals surface area contributed by atoms with Crippen molar-refractivity contribution in [1.82, 2.24) is 9.97 Å². The molecular weight excluding hydrogens is 212 g/mol. The standard InChI is InChI=1S/C10H15ClN4/c1-7-6-9(11)14-10(13-7)15-4-2-8(12)3-5-15/h6,8H,2-5,12H2,1H3. The summed E-state index contributed by atoms with van der Waals surface area (Å²) in [5.74, 6) is 0.729. The van der Waals surface area contributed by atoms with Gasteiger partial charge in [-0.15, -0.1) is 0 Å². The van der Waals surface area contributed by atoms with Crippen LogP contribution in [0, 0.1) is 6.92 Å². The SMILES string of the molecule is Cc1cc(Cl)nc(N2CCC(N)CC2)n1. The van der Waals surface area contributed by atoms with E-state index in [-0.39, 0.29) is 0 Å². The maximum Gasteiger partial charge on any atom is 0.226 e. The highest BCUT2D eigenvalue weighted by Gasteiger charge is 2.18. The van der Waals surface area contributed by atoms with Gasteiger partial charge in [-0.1, -0.05) is 11.6 Å². The Morgan fingerprint density at radius 3 is 2.67 bits per heavy atom. The number of aromatic nitrogens is 2. The van der Waals surface area contributed by atoms with E-state index in [4.69, 9.17) is 17.3 Å². The maximum atomic E-state index is 5.90. The number of hydrogen-bond donors (Lipinski definition) is 1. The fourth-order valence-corrected chi connectivity index (χ4v) is 1.99. The number of nitrogens with two attached hydrogens (primary N) is 1. The summed E-state index contributed by atoms with van der Waals surface area (Å²) < 4.78 is 0. The Kier molecular flexibility index (Phi) is 3.07. The summed E-state index contributed by atoms with van der Waals surface area (Å²) in [6.45, 7) is 3.76. The van der Waals surface area contributed by atoms with Crippen LogP contribution in [0.25, 0.3) is 0 Å². The minimum atomic E-state index is 0.321. The van der Waals surface area contributed by atoms with Crippen LogP contribution in [0.4, 0.5) is 5.95 Å². The lowest BCUT2D eigenvalue weighted by Crippen LogP contribution is -2.40. The highest BCUT2D eigenvalue weighted by molar-refractivity contribution is 6.29. The molecule has 0 unspecified atom stereocenters. The van der Waals surface area contributed by atoms with Crippen LogP contribution in [0.2, 0.25) is 5.15 Å². The zero-order valence-electron chi connectivity index (χ0n) is 8.78. The Labute approximate surface area is 94.5 Å². The van der Waals surface area contributed by atoms with Crippen molar-refractivity contribution < 1.29 is 0 Å². The third kappa shape index (κ3) is 2.58. The summed E-state index contributed by atoms with van der Waals surface area (Å²) in [5.41, 5.74) is 6.74. The minimum absolute atomic E-state index is 0.321. The van der Waals surface area contributed by atoms with Gasteiger partial charge in [-0.3, -0.25) is 0 Å². The first-order chi connectivity index (χ1) is 7.15. The second kappa shape index (κ2) is 4.33. The van der Waals surface area contributed by atoms with Gasteiger partial charge in [-0.25, -0.2) is 9.97 Å². The molecule has 0 amide bonds. The molecule has 15 heavy (non-hydrogen) atoms. The van der Waals surface area contributed by atoms with Gasteiger partial charge >= 0.3 is 0 Å². The third-order valence-electron chi connectivity index (χ3n) is 2.63. The molecule has 1 saturated heterocycles. The molecule has 82 valence electrons. The van der Waals surface area contributed by atoms with Crippen molar-refractivity contribution in [1.29, 1.82) is 0 Å². The van der Waals surface area contributed by atoms with Gasteiger partial charge in [-0.05, 0) is 25.8 Å². The number of nitrogens with zero attached hydrogens (tertiary/aromatic N) is 3. The summed E-state index contributed by atoms with van der Waals surface area (Å²) >= 11 is 5.90. The quantitative estimate of drug-likeness (QED) is 0.735. The van der Waals surface area contributed by atoms with E-state index in [1.54, 1.807) is 6.07 Å². The predicted octanol–water partition coefficient (Wildman–Crippen LogP) is 1.37. The number of aryl methyl sites for hydroxylation is 1. The Hall–Kier alpha value is -0.870. The zero-order chi connectivity index (χ0) is 10.8. The minimum Gasteiger partial charge on any atom is -0.341 e. The Bertz CT molecular complexity index is 327. The van der Waals surface area contributed by atoms with Gasteiger partial charge in [0, 0.05) is 24.8 Å². The van der Waals surface area contributed by atoms with Gasteiger partial charge in [0.05, 0.1) is 0 Å². The third-order valence-corrected chi connectivity index (χ3v) is 2.83. The average Bonchev–Trinajstić information content (AvgIpc) is 2.17. The molecule has 1 aliphatic heterocycles.